The predicted molar refractivity (Wildman–Crippen MR) is 53.2 cm³/mol. The molecule has 0 saturated carbocycles. The first-order valence-corrected chi connectivity index (χ1v) is 4.16. The molecule has 1 nitrogen and oxygen atoms in total. The molecular weight excluding hydrogens is 230 g/mol. The van der Waals surface area contributed by atoms with Gasteiger partial charge in [0.1, 0.15) is 0 Å². The molecule has 0 bridgehead atoms. The highest BCUT2D eigenvalue weighted by atomic mass is 32.1. The molecule has 1 rings (SSSR count). The molecule has 0 heterocycles. The molecule has 0 spiro atoms. The van der Waals surface area contributed by atoms with Crippen LogP contribution in [0, 0.1) is 0 Å². The molecule has 0 aliphatic carbocycles. The molecule has 0 aliphatic rings. The molecule has 1 aromatic carbocycles. The summed E-state index contributed by atoms with van der Waals surface area (Å²) < 4.78 is 41.6. The van der Waals surface area contributed by atoms with Crippen LogP contribution in [0.5, 0.6) is 0 Å². The molecule has 0 radical (unpaired) electrons. The van der Waals surface area contributed by atoms with E-state index >= 15 is 0 Å². The fraction of sp³-hybridized carbons (Fsp3) is 0.222. The maximum absolute atomic E-state index is 10.4. The number of para-hydroxylation sites is 1. The van der Waals surface area contributed by atoms with E-state index in [-0.39, 0.29) is 0 Å². The van der Waals surface area contributed by atoms with Crippen molar-refractivity contribution in [3.05, 3.63) is 30.3 Å². The third-order valence-electron chi connectivity index (χ3n) is 1.08. The molecule has 0 saturated heterocycles. The van der Waals surface area contributed by atoms with Crippen molar-refractivity contribution in [2.75, 3.05) is 6.67 Å². The lowest BCUT2D eigenvalue weighted by Crippen LogP contribution is -2.08. The van der Waals surface area contributed by atoms with Gasteiger partial charge in [-0.3, -0.25) is 0 Å². The third kappa shape index (κ3) is 9.05. The zero-order valence-electron chi connectivity index (χ0n) is 7.46. The monoisotopic (exact) mass is 237 g/mol. The molecule has 1 aromatic rings. The van der Waals surface area contributed by atoms with Crippen molar-refractivity contribution in [2.24, 2.45) is 4.99 Å². The summed E-state index contributed by atoms with van der Waals surface area (Å²) in [6.45, 7) is -2.23. The van der Waals surface area contributed by atoms with Crippen molar-refractivity contribution in [1.82, 2.24) is 0 Å². The molecule has 0 N–H and O–H groups in total. The van der Waals surface area contributed by atoms with Gasteiger partial charge >= 0.3 is 6.18 Å². The van der Waals surface area contributed by atoms with Gasteiger partial charge in [-0.25, -0.2) is 4.39 Å². The second kappa shape index (κ2) is 7.09. The maximum atomic E-state index is 10.4. The van der Waals surface area contributed by atoms with E-state index in [0.29, 0.717) is 0 Å². The van der Waals surface area contributed by atoms with E-state index in [0.717, 1.165) is 5.69 Å². The number of isothiocyanates is 1. The summed E-state index contributed by atoms with van der Waals surface area (Å²) >= 11 is 4.42. The van der Waals surface area contributed by atoms with Gasteiger partial charge in [0.2, 0.25) is 0 Å². The summed E-state index contributed by atoms with van der Waals surface area (Å²) in [7, 11) is 0. The zero-order chi connectivity index (χ0) is 11.7. The van der Waals surface area contributed by atoms with Gasteiger partial charge in [-0.1, -0.05) is 18.2 Å². The Morgan fingerprint density at radius 2 is 1.67 bits per heavy atom. The molecule has 0 aliphatic heterocycles. The number of nitrogens with zero attached hydrogens (tertiary/aromatic N) is 1. The Hall–Kier alpha value is -1.26. The Kier molecular flexibility index (Phi) is 6.49. The van der Waals surface area contributed by atoms with E-state index in [2.05, 4.69) is 22.4 Å². The standard InChI is InChI=1S/C7H5NS.C2H2F4/c9-6-8-7-4-2-1-3-5-7;3-1-2(4,5)6/h1-5H;1H2. The van der Waals surface area contributed by atoms with Gasteiger partial charge in [0.05, 0.1) is 10.8 Å². The van der Waals surface area contributed by atoms with Crippen LogP contribution in [-0.2, 0) is 0 Å². The Morgan fingerprint density at radius 1 is 1.20 bits per heavy atom. The highest BCUT2D eigenvalue weighted by Crippen LogP contribution is 2.13. The van der Waals surface area contributed by atoms with Gasteiger partial charge in [0, 0.05) is 0 Å². The number of rotatable bonds is 1. The van der Waals surface area contributed by atoms with Crippen LogP contribution in [0.2, 0.25) is 0 Å². The third-order valence-corrected chi connectivity index (χ3v) is 1.17. The maximum Gasteiger partial charge on any atom is 0.416 e. The van der Waals surface area contributed by atoms with Crippen molar-refractivity contribution in [3.8, 4) is 0 Å². The minimum atomic E-state index is -4.62. The lowest BCUT2D eigenvalue weighted by molar-refractivity contribution is -0.142. The molecule has 15 heavy (non-hydrogen) atoms. The lowest BCUT2D eigenvalue weighted by Gasteiger charge is -1.93. The average molecular weight is 237 g/mol. The summed E-state index contributed by atoms with van der Waals surface area (Å²) in [4.78, 5) is 3.77. The molecule has 0 fully saturated rings. The van der Waals surface area contributed by atoms with E-state index in [1.165, 1.54) is 0 Å². The van der Waals surface area contributed by atoms with Crippen molar-refractivity contribution < 1.29 is 17.6 Å². The molecule has 6 heteroatoms. The minimum Gasteiger partial charge on any atom is -0.241 e. The number of thiocarbonyl (C=S) groups is 1. The Balaban J connectivity index is 0.000000288. The largest absolute Gasteiger partial charge is 0.416 e. The van der Waals surface area contributed by atoms with Crippen molar-refractivity contribution in [2.45, 2.75) is 6.18 Å². The zero-order valence-corrected chi connectivity index (χ0v) is 8.28. The van der Waals surface area contributed by atoms with Crippen molar-refractivity contribution >= 4 is 23.1 Å². The van der Waals surface area contributed by atoms with Crippen LogP contribution >= 0.6 is 12.2 Å². The van der Waals surface area contributed by atoms with Crippen LogP contribution in [0.25, 0.3) is 0 Å². The summed E-state index contributed by atoms with van der Waals surface area (Å²) in [5.74, 6) is 0. The summed E-state index contributed by atoms with van der Waals surface area (Å²) in [5.41, 5.74) is 0.854. The quantitative estimate of drug-likeness (QED) is 0.409. The number of hydrogen-bond donors (Lipinski definition) is 0. The highest BCUT2D eigenvalue weighted by molar-refractivity contribution is 7.78. The van der Waals surface area contributed by atoms with E-state index in [1.807, 2.05) is 30.3 Å². The normalized spacial score (nSPS) is 9.60. The summed E-state index contributed by atoms with van der Waals surface area (Å²) in [6, 6.07) is 9.50. The molecule has 0 atom stereocenters. The van der Waals surface area contributed by atoms with Crippen LogP contribution < -0.4 is 0 Å². The molecule has 82 valence electrons. The van der Waals surface area contributed by atoms with E-state index in [1.54, 1.807) is 0 Å². The highest BCUT2D eigenvalue weighted by Gasteiger charge is 2.26. The number of alkyl halides is 4. The van der Waals surface area contributed by atoms with E-state index in [9.17, 15) is 17.6 Å². The average Bonchev–Trinajstić information content (AvgIpc) is 2.20. The fourth-order valence-electron chi connectivity index (χ4n) is 0.555. The lowest BCUT2D eigenvalue weighted by atomic mass is 10.3. The minimum absolute atomic E-state index is 0.854. The van der Waals surface area contributed by atoms with Gasteiger partial charge < -0.3 is 0 Å². The topological polar surface area (TPSA) is 12.4 Å². The van der Waals surface area contributed by atoms with Gasteiger partial charge in [-0.15, -0.1) is 0 Å². The Labute approximate surface area is 89.4 Å². The Bertz CT molecular complexity index is 317. The van der Waals surface area contributed by atoms with Crippen molar-refractivity contribution in [3.63, 3.8) is 0 Å². The van der Waals surface area contributed by atoms with Crippen LogP contribution in [0.4, 0.5) is 23.2 Å². The van der Waals surface area contributed by atoms with Crippen LogP contribution in [0.15, 0.2) is 35.3 Å². The first-order valence-electron chi connectivity index (χ1n) is 3.75. The smallest absolute Gasteiger partial charge is 0.241 e. The first kappa shape index (κ1) is 13.7. The Morgan fingerprint density at radius 3 is 2.00 bits per heavy atom. The number of benzene rings is 1. The van der Waals surface area contributed by atoms with Gasteiger partial charge in [-0.05, 0) is 24.4 Å². The number of hydrogen-bond acceptors (Lipinski definition) is 2. The van der Waals surface area contributed by atoms with Crippen LogP contribution in [-0.4, -0.2) is 18.0 Å². The SMILES string of the molecule is FCC(F)(F)F.S=C=Nc1ccccc1. The second-order valence-corrected chi connectivity index (χ2v) is 2.47. The van der Waals surface area contributed by atoms with Gasteiger partial charge in [0.15, 0.2) is 6.67 Å². The second-order valence-electron chi connectivity index (χ2n) is 2.29. The van der Waals surface area contributed by atoms with Crippen LogP contribution in [0.1, 0.15) is 0 Å². The molecule has 0 aromatic heterocycles. The van der Waals surface area contributed by atoms with Crippen LogP contribution in [0.3, 0.4) is 0 Å². The van der Waals surface area contributed by atoms with Gasteiger partial charge in [0.25, 0.3) is 0 Å². The fourth-order valence-corrected chi connectivity index (χ4v) is 0.661. The van der Waals surface area contributed by atoms with E-state index < -0.39 is 12.9 Å². The van der Waals surface area contributed by atoms with Gasteiger partial charge in [-0.2, -0.15) is 18.2 Å². The molecular formula is C9H7F4NS. The summed E-state index contributed by atoms with van der Waals surface area (Å²) in [5, 5.41) is 2.29. The predicted octanol–water partition coefficient (Wildman–Crippen LogP) is 3.94. The first-order chi connectivity index (χ1) is 6.99. The summed E-state index contributed by atoms with van der Waals surface area (Å²) in [6.07, 6.45) is -4.62. The molecule has 0 amide bonds. The number of halogens is 4. The van der Waals surface area contributed by atoms with Crippen molar-refractivity contribution in [1.29, 1.82) is 0 Å². The molecule has 0 unspecified atom stereocenters. The van der Waals surface area contributed by atoms with E-state index in [4.69, 9.17) is 0 Å². The number of aliphatic imine (C=N–C) groups is 1.